The Bertz CT molecular complexity index is 2090. The van der Waals surface area contributed by atoms with Crippen LogP contribution in [0.25, 0.3) is 32.7 Å². The molecule has 4 atom stereocenters. The normalized spacial score (nSPS) is 22.3. The first-order chi connectivity index (χ1) is 25.7. The second-order valence-electron chi connectivity index (χ2n) is 16.0. The summed E-state index contributed by atoms with van der Waals surface area (Å²) in [7, 11) is 12.7. The monoisotopic (exact) mass is 739 g/mol. The Morgan fingerprint density at radius 2 is 1.11 bits per heavy atom. The minimum absolute atomic E-state index is 0.236. The van der Waals surface area contributed by atoms with Crippen LogP contribution < -0.4 is 0 Å². The number of para-hydroxylation sites is 2. The van der Waals surface area contributed by atoms with Crippen LogP contribution >= 0.6 is 0 Å². The highest BCUT2D eigenvalue weighted by atomic mass is 19.2. The smallest absolute Gasteiger partial charge is 0.168 e. The maximum atomic E-state index is 13.7. The molecular formula is C46H64F2N6. The third-order valence-electron chi connectivity index (χ3n) is 12.1. The molecule has 9 rings (SSSR count). The van der Waals surface area contributed by atoms with Crippen molar-refractivity contribution in [2.24, 2.45) is 0 Å². The SMILES string of the molecule is CC.CC.CN(C)[C@@]1(C)Cc2cccc3ccn(c23)C1.CN(C)[C@]1(C)Cc2cccc3ccn(c23)C1.C[C@H]1[C@H](N(C)C)Cc2cc(F)c(F)c3ccn1c23. The van der Waals surface area contributed by atoms with Crippen molar-refractivity contribution in [1.29, 1.82) is 0 Å². The Balaban J connectivity index is 0.000000149. The molecule has 6 heterocycles. The molecule has 8 heteroatoms. The fraction of sp³-hybridized carbons (Fsp3) is 0.478. The fourth-order valence-corrected chi connectivity index (χ4v) is 8.56. The standard InChI is InChI=1S/C14H16F2N2.2C14H18N2.2C2H6/c1-8-12(17(2)3)7-9-6-11(15)13(16)10-4-5-18(8)14(9)10;2*1-14(15(2)3)9-12-6-4-5-11-7-8-16(10-14)13(11)12;2*1-2/h4-6,8,12H,7H2,1-3H3;2*4-8H,9-10H2,1-3H3;2*1-2H3/t8-,12+;2*14-;;/m010../s1. The minimum atomic E-state index is -0.748. The molecule has 292 valence electrons. The Morgan fingerprint density at radius 3 is 1.56 bits per heavy atom. The van der Waals surface area contributed by atoms with E-state index in [0.29, 0.717) is 11.4 Å². The van der Waals surface area contributed by atoms with Gasteiger partial charge in [-0.25, -0.2) is 8.78 Å². The summed E-state index contributed by atoms with van der Waals surface area (Å²) >= 11 is 0. The van der Waals surface area contributed by atoms with Gasteiger partial charge in [0.2, 0.25) is 0 Å². The van der Waals surface area contributed by atoms with E-state index in [4.69, 9.17) is 0 Å². The number of aromatic nitrogens is 3. The van der Waals surface area contributed by atoms with Gasteiger partial charge in [0.15, 0.2) is 11.6 Å². The molecule has 0 N–H and O–H groups in total. The average Bonchev–Trinajstić information content (AvgIpc) is 3.90. The summed E-state index contributed by atoms with van der Waals surface area (Å²) in [5.74, 6) is -1.48. The van der Waals surface area contributed by atoms with Crippen molar-refractivity contribution in [2.45, 2.75) is 104 Å². The largest absolute Gasteiger partial charge is 0.345 e. The molecule has 0 unspecified atom stereocenters. The molecule has 0 bridgehead atoms. The van der Waals surface area contributed by atoms with Crippen LogP contribution in [-0.2, 0) is 32.4 Å². The number of halogens is 2. The summed E-state index contributed by atoms with van der Waals surface area (Å²) in [5, 5.41) is 3.14. The molecule has 3 aliphatic heterocycles. The van der Waals surface area contributed by atoms with Gasteiger partial charge < -0.3 is 28.4 Å². The maximum absolute atomic E-state index is 13.7. The lowest BCUT2D eigenvalue weighted by Gasteiger charge is -2.40. The first kappa shape index (κ1) is 41.2. The second kappa shape index (κ2) is 16.4. The van der Waals surface area contributed by atoms with Crippen molar-refractivity contribution >= 4 is 32.7 Å². The van der Waals surface area contributed by atoms with Gasteiger partial charge in [-0.05, 0) is 134 Å². The molecule has 6 aromatic rings. The number of hydrogen-bond donors (Lipinski definition) is 0. The molecule has 0 saturated carbocycles. The minimum Gasteiger partial charge on any atom is -0.345 e. The number of rotatable bonds is 3. The van der Waals surface area contributed by atoms with Gasteiger partial charge in [-0.3, -0.25) is 0 Å². The van der Waals surface area contributed by atoms with Gasteiger partial charge in [0.05, 0.1) is 16.6 Å². The van der Waals surface area contributed by atoms with Crippen LogP contribution in [0.1, 0.15) is 71.2 Å². The highest BCUT2D eigenvalue weighted by Crippen LogP contribution is 2.37. The van der Waals surface area contributed by atoms with E-state index in [-0.39, 0.29) is 17.1 Å². The molecule has 0 amide bonds. The molecule has 6 nitrogen and oxygen atoms in total. The third kappa shape index (κ3) is 7.49. The lowest BCUT2D eigenvalue weighted by Crippen LogP contribution is -2.48. The quantitative estimate of drug-likeness (QED) is 0.181. The lowest BCUT2D eigenvalue weighted by atomic mass is 9.88. The van der Waals surface area contributed by atoms with E-state index in [1.54, 1.807) is 6.07 Å². The van der Waals surface area contributed by atoms with E-state index in [1.165, 1.54) is 39.0 Å². The summed E-state index contributed by atoms with van der Waals surface area (Å²) in [6.07, 6.45) is 9.33. The average molecular weight is 739 g/mol. The Labute approximate surface area is 322 Å². The highest BCUT2D eigenvalue weighted by molar-refractivity contribution is 5.86. The van der Waals surface area contributed by atoms with Crippen molar-refractivity contribution in [2.75, 3.05) is 42.3 Å². The van der Waals surface area contributed by atoms with E-state index in [0.717, 1.165) is 43.4 Å². The van der Waals surface area contributed by atoms with E-state index in [1.807, 2.05) is 48.0 Å². The number of benzene rings is 3. The Kier molecular flexibility index (Phi) is 12.5. The van der Waals surface area contributed by atoms with Crippen LogP contribution in [0, 0.1) is 11.6 Å². The number of hydrogen-bond acceptors (Lipinski definition) is 3. The Hall–Kier alpha value is -3.98. The van der Waals surface area contributed by atoms with E-state index >= 15 is 0 Å². The number of nitrogens with zero attached hydrogens (tertiary/aromatic N) is 6. The summed E-state index contributed by atoms with van der Waals surface area (Å²) < 4.78 is 34.1. The zero-order valence-corrected chi connectivity index (χ0v) is 35.1. The van der Waals surface area contributed by atoms with Crippen molar-refractivity contribution in [3.05, 3.63) is 108 Å². The van der Waals surface area contributed by atoms with Gasteiger partial charge in [-0.15, -0.1) is 0 Å². The molecule has 3 aliphatic rings. The van der Waals surface area contributed by atoms with Gasteiger partial charge in [-0.1, -0.05) is 64.1 Å². The molecule has 0 saturated heterocycles. The van der Waals surface area contributed by atoms with Gasteiger partial charge in [-0.2, -0.15) is 0 Å². The van der Waals surface area contributed by atoms with E-state index in [2.05, 4.69) is 138 Å². The second-order valence-corrected chi connectivity index (χ2v) is 16.0. The molecule has 3 aromatic carbocycles. The summed E-state index contributed by atoms with van der Waals surface area (Å²) in [6, 6.07) is 21.3. The van der Waals surface area contributed by atoms with Crippen LogP contribution in [0.4, 0.5) is 8.78 Å². The summed E-state index contributed by atoms with van der Waals surface area (Å²) in [5.41, 5.74) is 8.03. The Morgan fingerprint density at radius 1 is 0.630 bits per heavy atom. The van der Waals surface area contributed by atoms with E-state index < -0.39 is 11.6 Å². The third-order valence-corrected chi connectivity index (χ3v) is 12.1. The van der Waals surface area contributed by atoms with Crippen LogP contribution in [0.3, 0.4) is 0 Å². The van der Waals surface area contributed by atoms with E-state index in [9.17, 15) is 8.78 Å². The molecule has 0 radical (unpaired) electrons. The van der Waals surface area contributed by atoms with Crippen molar-refractivity contribution < 1.29 is 8.78 Å². The zero-order valence-electron chi connectivity index (χ0n) is 35.1. The summed E-state index contributed by atoms with van der Waals surface area (Å²) in [6.45, 7) is 17.0. The van der Waals surface area contributed by atoms with Crippen LogP contribution in [-0.4, -0.2) is 87.8 Å². The predicted molar refractivity (Wildman–Crippen MR) is 226 cm³/mol. The summed E-state index contributed by atoms with van der Waals surface area (Å²) in [4.78, 5) is 6.82. The molecule has 0 aliphatic carbocycles. The van der Waals surface area contributed by atoms with Crippen LogP contribution in [0.5, 0.6) is 0 Å². The molecule has 3 aromatic heterocycles. The van der Waals surface area contributed by atoms with Gasteiger partial charge in [0.25, 0.3) is 0 Å². The van der Waals surface area contributed by atoms with Gasteiger partial charge in [0.1, 0.15) is 0 Å². The fourth-order valence-electron chi connectivity index (χ4n) is 8.56. The maximum Gasteiger partial charge on any atom is 0.168 e. The van der Waals surface area contributed by atoms with Crippen molar-refractivity contribution in [3.63, 3.8) is 0 Å². The predicted octanol–water partition coefficient (Wildman–Crippen LogP) is 10.1. The molecular weight excluding hydrogens is 675 g/mol. The highest BCUT2D eigenvalue weighted by Gasteiger charge is 2.34. The first-order valence-corrected chi connectivity index (χ1v) is 19.8. The first-order valence-electron chi connectivity index (χ1n) is 19.8. The zero-order chi connectivity index (χ0) is 39.7. The molecule has 0 spiro atoms. The van der Waals surface area contributed by atoms with Crippen LogP contribution in [0.15, 0.2) is 79.3 Å². The lowest BCUT2D eigenvalue weighted by molar-refractivity contribution is 0.144. The van der Waals surface area contributed by atoms with Gasteiger partial charge in [0, 0.05) is 60.2 Å². The van der Waals surface area contributed by atoms with Gasteiger partial charge >= 0.3 is 0 Å². The van der Waals surface area contributed by atoms with Crippen molar-refractivity contribution in [1.82, 2.24) is 28.4 Å². The van der Waals surface area contributed by atoms with Crippen molar-refractivity contribution in [3.8, 4) is 0 Å². The molecule has 54 heavy (non-hydrogen) atoms. The molecule has 0 fully saturated rings. The van der Waals surface area contributed by atoms with Crippen LogP contribution in [0.2, 0.25) is 0 Å². The number of likely N-dealkylation sites (N-methyl/N-ethyl adjacent to an activating group) is 3. The topological polar surface area (TPSA) is 24.5 Å².